The van der Waals surface area contributed by atoms with Crippen molar-refractivity contribution >= 4 is 22.9 Å². The van der Waals surface area contributed by atoms with Crippen LogP contribution in [-0.4, -0.2) is 30.3 Å². The molecule has 8 nitrogen and oxygen atoms in total. The molecule has 33 heavy (non-hydrogen) atoms. The summed E-state index contributed by atoms with van der Waals surface area (Å²) in [5, 5.41) is 27.1. The van der Waals surface area contributed by atoms with E-state index in [-0.39, 0.29) is 46.0 Å². The van der Waals surface area contributed by atoms with Crippen LogP contribution in [0.15, 0.2) is 53.7 Å². The van der Waals surface area contributed by atoms with Gasteiger partial charge >= 0.3 is 0 Å². The molecule has 1 amide bonds. The second-order valence-electron chi connectivity index (χ2n) is 8.12. The van der Waals surface area contributed by atoms with Crippen LogP contribution in [0.5, 0.6) is 0 Å². The van der Waals surface area contributed by atoms with Crippen molar-refractivity contribution in [2.75, 3.05) is 5.32 Å². The molecular weight excluding hydrogens is 427 g/mol. The lowest BCUT2D eigenvalue weighted by Gasteiger charge is -2.11. The second-order valence-corrected chi connectivity index (χ2v) is 8.12. The number of anilines is 1. The Hall–Kier alpha value is -3.98. The smallest absolute Gasteiger partial charge is 0.257 e. The van der Waals surface area contributed by atoms with E-state index in [1.165, 1.54) is 47.4 Å². The minimum Gasteiger partial charge on any atom is -0.510 e. The molecule has 3 N–H and O–H groups in total. The van der Waals surface area contributed by atoms with Crippen LogP contribution < -0.4 is 16.1 Å². The number of carbonyl (C=O) groups excluding carboxylic acids is 1. The standard InChI is InChI=1S/C24H23FN4O4/c1-13(2)23(32)21-9-18(20-8-16(31)4-5-29(20)21)24(33)27-19-7-14(12-30)6-17(22(19)25)15-10-26-28(3)11-15/h4-11,13,30,32H,12H2,1-3H3,(H,27,33)/b23-21-. The van der Waals surface area contributed by atoms with E-state index in [1.54, 1.807) is 31.5 Å². The number of aliphatic hydroxyl groups is 2. The monoisotopic (exact) mass is 450 g/mol. The third-order valence-electron chi connectivity index (χ3n) is 5.38. The molecule has 0 spiro atoms. The molecule has 9 heteroatoms. The summed E-state index contributed by atoms with van der Waals surface area (Å²) in [5.74, 6) is -1.51. The number of benzene rings is 1. The molecule has 0 fully saturated rings. The van der Waals surface area contributed by atoms with Crippen LogP contribution in [0.3, 0.4) is 0 Å². The number of aryl methyl sites for hydroxylation is 1. The topological polar surface area (TPSA) is 109 Å². The zero-order valence-electron chi connectivity index (χ0n) is 18.3. The quantitative estimate of drug-likeness (QED) is 0.433. The Bertz CT molecular complexity index is 1490. The van der Waals surface area contributed by atoms with E-state index >= 15 is 4.39 Å². The fourth-order valence-electron chi connectivity index (χ4n) is 3.68. The molecule has 3 heterocycles. The summed E-state index contributed by atoms with van der Waals surface area (Å²) in [4.78, 5) is 25.1. The zero-order valence-corrected chi connectivity index (χ0v) is 18.3. The molecule has 0 atom stereocenters. The molecule has 0 aliphatic carbocycles. The summed E-state index contributed by atoms with van der Waals surface area (Å²) < 4.78 is 18.4. The van der Waals surface area contributed by atoms with Gasteiger partial charge in [-0.3, -0.25) is 14.3 Å². The van der Waals surface area contributed by atoms with E-state index in [2.05, 4.69) is 10.4 Å². The molecule has 4 rings (SSSR count). The Labute approximate surface area is 188 Å². The number of halogens is 1. The van der Waals surface area contributed by atoms with Crippen molar-refractivity contribution in [3.05, 3.63) is 81.4 Å². The highest BCUT2D eigenvalue weighted by atomic mass is 19.1. The summed E-state index contributed by atoms with van der Waals surface area (Å²) in [6.45, 7) is 3.24. The number of carbonyl (C=O) groups is 1. The first-order valence-electron chi connectivity index (χ1n) is 10.3. The van der Waals surface area contributed by atoms with Crippen molar-refractivity contribution in [3.8, 4) is 11.1 Å². The highest BCUT2D eigenvalue weighted by Crippen LogP contribution is 2.30. The van der Waals surface area contributed by atoms with Gasteiger partial charge in [0.15, 0.2) is 11.2 Å². The molecule has 1 aromatic carbocycles. The lowest BCUT2D eigenvalue weighted by atomic mass is 10.0. The van der Waals surface area contributed by atoms with E-state index in [4.69, 9.17) is 0 Å². The molecule has 3 aromatic heterocycles. The number of aromatic nitrogens is 3. The first-order chi connectivity index (χ1) is 15.7. The first kappa shape index (κ1) is 22.2. The van der Waals surface area contributed by atoms with E-state index in [0.29, 0.717) is 16.5 Å². The second kappa shape index (κ2) is 8.51. The number of pyridine rings is 1. The molecule has 170 valence electrons. The van der Waals surface area contributed by atoms with Gasteiger partial charge in [0.2, 0.25) is 0 Å². The van der Waals surface area contributed by atoms with Crippen molar-refractivity contribution in [2.24, 2.45) is 13.0 Å². The van der Waals surface area contributed by atoms with Gasteiger partial charge in [-0.2, -0.15) is 5.10 Å². The fraction of sp³-hybridized carbons (Fsp3) is 0.208. The molecule has 0 saturated heterocycles. The van der Waals surface area contributed by atoms with E-state index < -0.39 is 11.7 Å². The van der Waals surface area contributed by atoms with Crippen LogP contribution in [0.2, 0.25) is 0 Å². The molecule has 0 aliphatic heterocycles. The molecule has 0 aliphatic rings. The Morgan fingerprint density at radius 1 is 1.24 bits per heavy atom. The molecule has 0 saturated carbocycles. The Kier molecular flexibility index (Phi) is 5.73. The average Bonchev–Trinajstić information content (AvgIpc) is 3.37. The predicted molar refractivity (Wildman–Crippen MR) is 122 cm³/mol. The average molecular weight is 450 g/mol. The minimum atomic E-state index is -0.682. The summed E-state index contributed by atoms with van der Waals surface area (Å²) in [6.07, 6.45) is 4.59. The van der Waals surface area contributed by atoms with Gasteiger partial charge < -0.3 is 19.9 Å². The van der Waals surface area contributed by atoms with Crippen molar-refractivity contribution in [1.82, 2.24) is 14.2 Å². The fourth-order valence-corrected chi connectivity index (χ4v) is 3.68. The van der Waals surface area contributed by atoms with E-state index in [1.807, 2.05) is 0 Å². The maximum Gasteiger partial charge on any atom is 0.257 e. The highest BCUT2D eigenvalue weighted by Gasteiger charge is 2.20. The number of hydrogen-bond acceptors (Lipinski definition) is 5. The summed E-state index contributed by atoms with van der Waals surface area (Å²) >= 11 is 0. The van der Waals surface area contributed by atoms with Gasteiger partial charge in [-0.05, 0) is 23.8 Å². The number of aliphatic hydroxyl groups excluding tert-OH is 2. The van der Waals surface area contributed by atoms with Crippen LogP contribution in [0.4, 0.5) is 10.1 Å². The van der Waals surface area contributed by atoms with Crippen LogP contribution >= 0.6 is 0 Å². The summed E-state index contributed by atoms with van der Waals surface area (Å²) in [5.41, 5.74) is 1.03. The first-order valence-corrected chi connectivity index (χ1v) is 10.3. The molecular formula is C24H23FN4O4. The number of nitrogens with zero attached hydrogens (tertiary/aromatic N) is 3. The number of nitrogens with one attached hydrogen (secondary N) is 1. The highest BCUT2D eigenvalue weighted by molar-refractivity contribution is 6.09. The van der Waals surface area contributed by atoms with Gasteiger partial charge in [0.1, 0.15) is 5.76 Å². The number of rotatable bonds is 5. The lowest BCUT2D eigenvalue weighted by molar-refractivity contribution is 0.102. The van der Waals surface area contributed by atoms with Crippen molar-refractivity contribution in [3.63, 3.8) is 0 Å². The van der Waals surface area contributed by atoms with Crippen molar-refractivity contribution in [1.29, 1.82) is 0 Å². The number of hydrogen-bond donors (Lipinski definition) is 3. The van der Waals surface area contributed by atoms with Gasteiger partial charge in [-0.25, -0.2) is 4.39 Å². The van der Waals surface area contributed by atoms with E-state index in [0.717, 1.165) is 0 Å². The Morgan fingerprint density at radius 2 is 2.00 bits per heavy atom. The lowest BCUT2D eigenvalue weighted by Crippen LogP contribution is -2.16. The predicted octanol–water partition coefficient (Wildman–Crippen LogP) is 2.62. The zero-order chi connectivity index (χ0) is 23.9. The third-order valence-corrected chi connectivity index (χ3v) is 5.38. The van der Waals surface area contributed by atoms with Crippen LogP contribution in [0, 0.1) is 11.7 Å². The number of fused-ring (bicyclic) bond motifs is 1. The Balaban J connectivity index is 1.84. The maximum absolute atomic E-state index is 15.3. The van der Waals surface area contributed by atoms with Crippen molar-refractivity contribution in [2.45, 2.75) is 20.5 Å². The largest absolute Gasteiger partial charge is 0.510 e. The van der Waals surface area contributed by atoms with Crippen LogP contribution in [0.1, 0.15) is 29.8 Å². The SMILES string of the molecule is CC(C)/C(O)=c1\cc(C(=O)Nc2cc(CO)cc(-c3cnn(C)c3)c2F)c2cc(=O)ccn12. The van der Waals surface area contributed by atoms with Gasteiger partial charge in [0.05, 0.1) is 34.9 Å². The normalized spacial score (nSPS) is 12.4. The third kappa shape index (κ3) is 4.10. The molecule has 0 bridgehead atoms. The molecule has 0 radical (unpaired) electrons. The van der Waals surface area contributed by atoms with Crippen LogP contribution in [-0.2, 0) is 13.7 Å². The van der Waals surface area contributed by atoms with Gasteiger partial charge in [-0.15, -0.1) is 0 Å². The summed E-state index contributed by atoms with van der Waals surface area (Å²) in [7, 11) is 1.70. The summed E-state index contributed by atoms with van der Waals surface area (Å²) in [6, 6.07) is 6.93. The molecule has 0 unspecified atom stereocenters. The number of amides is 1. The Morgan fingerprint density at radius 3 is 2.64 bits per heavy atom. The van der Waals surface area contributed by atoms with Gasteiger partial charge in [0.25, 0.3) is 5.91 Å². The molecule has 4 aromatic rings. The van der Waals surface area contributed by atoms with E-state index in [9.17, 15) is 19.8 Å². The van der Waals surface area contributed by atoms with Crippen LogP contribution in [0.25, 0.3) is 22.4 Å². The van der Waals surface area contributed by atoms with Gasteiger partial charge in [0, 0.05) is 48.6 Å². The minimum absolute atomic E-state index is 0.0509. The maximum atomic E-state index is 15.3. The van der Waals surface area contributed by atoms with Gasteiger partial charge in [-0.1, -0.05) is 13.8 Å². The van der Waals surface area contributed by atoms with Crippen molar-refractivity contribution < 1.29 is 19.4 Å².